The highest BCUT2D eigenvalue weighted by Gasteiger charge is 2.20. The van der Waals surface area contributed by atoms with Crippen molar-refractivity contribution < 1.29 is 9.26 Å². The van der Waals surface area contributed by atoms with Crippen LogP contribution in [0.3, 0.4) is 0 Å². The van der Waals surface area contributed by atoms with Crippen molar-refractivity contribution in [1.29, 1.82) is 0 Å². The topological polar surface area (TPSA) is 90.9 Å². The number of imidazole rings is 1. The minimum atomic E-state index is 0.231. The highest BCUT2D eigenvalue weighted by molar-refractivity contribution is 5.85. The lowest BCUT2D eigenvalue weighted by molar-refractivity contribution is 0.393. The Bertz CT molecular complexity index is 1140. The third kappa shape index (κ3) is 3.72. The number of methoxy groups -OCH3 is 1. The van der Waals surface area contributed by atoms with E-state index in [1.807, 2.05) is 36.9 Å². The highest BCUT2D eigenvalue weighted by atomic mass is 16.5. The van der Waals surface area contributed by atoms with Crippen LogP contribution in [-0.4, -0.2) is 38.3 Å². The lowest BCUT2D eigenvalue weighted by Crippen LogP contribution is -2.09. The molecule has 0 unspecified atom stereocenters. The summed E-state index contributed by atoms with van der Waals surface area (Å²) < 4.78 is 12.6. The van der Waals surface area contributed by atoms with Crippen molar-refractivity contribution in [2.75, 3.05) is 19.0 Å². The van der Waals surface area contributed by atoms with Gasteiger partial charge in [0.15, 0.2) is 17.3 Å². The molecule has 0 fully saturated rings. The van der Waals surface area contributed by atoms with Crippen molar-refractivity contribution in [1.82, 2.24) is 24.7 Å². The van der Waals surface area contributed by atoms with E-state index in [2.05, 4.69) is 41.4 Å². The van der Waals surface area contributed by atoms with E-state index in [1.54, 1.807) is 7.11 Å². The molecule has 0 radical (unpaired) electrons. The number of aryl methyl sites for hydroxylation is 2. The van der Waals surface area contributed by atoms with Gasteiger partial charge in [0, 0.05) is 12.6 Å². The fourth-order valence-corrected chi connectivity index (χ4v) is 3.45. The number of aromatic nitrogens is 5. The van der Waals surface area contributed by atoms with E-state index in [9.17, 15) is 0 Å². The Labute approximate surface area is 175 Å². The number of nitrogens with one attached hydrogen (secondary N) is 1. The predicted octanol–water partition coefficient (Wildman–Crippen LogP) is 4.34. The number of benzene rings is 1. The molecule has 0 aliphatic carbocycles. The molecule has 4 rings (SSSR count). The van der Waals surface area contributed by atoms with Crippen LogP contribution in [0.2, 0.25) is 0 Å². The van der Waals surface area contributed by atoms with Crippen LogP contribution in [0.5, 0.6) is 5.75 Å². The first-order valence-electron chi connectivity index (χ1n) is 10.0. The zero-order chi connectivity index (χ0) is 21.3. The Balaban J connectivity index is 1.67. The lowest BCUT2D eigenvalue weighted by atomic mass is 10.1. The number of hydrogen-bond acceptors (Lipinski definition) is 7. The smallest absolute Gasteiger partial charge is 0.169 e. The molecule has 4 aromatic rings. The van der Waals surface area contributed by atoms with Crippen molar-refractivity contribution in [3.63, 3.8) is 0 Å². The van der Waals surface area contributed by atoms with Crippen LogP contribution in [0.4, 0.5) is 5.82 Å². The van der Waals surface area contributed by atoms with Crippen molar-refractivity contribution in [3.05, 3.63) is 47.6 Å². The minimum Gasteiger partial charge on any atom is -0.497 e. The summed E-state index contributed by atoms with van der Waals surface area (Å²) >= 11 is 0. The van der Waals surface area contributed by atoms with Gasteiger partial charge in [0.1, 0.15) is 17.0 Å². The maximum Gasteiger partial charge on any atom is 0.169 e. The zero-order valence-electron chi connectivity index (χ0n) is 17.9. The molecule has 1 aromatic carbocycles. The molecular weight excluding hydrogens is 380 g/mol. The molecule has 0 spiro atoms. The summed E-state index contributed by atoms with van der Waals surface area (Å²) in [5.41, 5.74) is 4.36. The normalized spacial score (nSPS) is 11.4. The zero-order valence-corrected chi connectivity index (χ0v) is 17.9. The number of hydrogen-bond donors (Lipinski definition) is 1. The summed E-state index contributed by atoms with van der Waals surface area (Å²) in [7, 11) is 1.67. The van der Waals surface area contributed by atoms with Gasteiger partial charge in [-0.3, -0.25) is 0 Å². The number of fused-ring (bicyclic) bond motifs is 1. The molecule has 30 heavy (non-hydrogen) atoms. The van der Waals surface area contributed by atoms with E-state index in [4.69, 9.17) is 19.2 Å². The van der Waals surface area contributed by atoms with E-state index >= 15 is 0 Å². The first kappa shape index (κ1) is 19.9. The number of anilines is 1. The second-order valence-corrected chi connectivity index (χ2v) is 7.54. The van der Waals surface area contributed by atoms with E-state index in [1.165, 1.54) is 5.56 Å². The molecule has 8 nitrogen and oxygen atoms in total. The maximum atomic E-state index is 5.34. The van der Waals surface area contributed by atoms with Crippen molar-refractivity contribution in [3.8, 4) is 17.1 Å². The quantitative estimate of drug-likeness (QED) is 0.488. The largest absolute Gasteiger partial charge is 0.497 e. The van der Waals surface area contributed by atoms with Crippen LogP contribution in [0.25, 0.3) is 22.6 Å². The van der Waals surface area contributed by atoms with Crippen molar-refractivity contribution in [2.45, 2.75) is 40.2 Å². The van der Waals surface area contributed by atoms with Crippen molar-refractivity contribution in [2.24, 2.45) is 0 Å². The van der Waals surface area contributed by atoms with Crippen molar-refractivity contribution >= 4 is 17.0 Å². The van der Waals surface area contributed by atoms with Gasteiger partial charge in [0.25, 0.3) is 0 Å². The molecule has 0 aliphatic heterocycles. The number of rotatable bonds is 7. The van der Waals surface area contributed by atoms with Crippen LogP contribution in [0.1, 0.15) is 36.9 Å². The molecule has 0 aliphatic rings. The summed E-state index contributed by atoms with van der Waals surface area (Å²) in [4.78, 5) is 14.2. The summed E-state index contributed by atoms with van der Waals surface area (Å²) in [5, 5.41) is 7.50. The van der Waals surface area contributed by atoms with E-state index in [0.717, 1.165) is 34.6 Å². The van der Waals surface area contributed by atoms with Gasteiger partial charge in [-0.15, -0.1) is 0 Å². The maximum absolute atomic E-state index is 5.34. The Hall–Kier alpha value is -3.42. The monoisotopic (exact) mass is 406 g/mol. The average Bonchev–Trinajstić information content (AvgIpc) is 3.31. The van der Waals surface area contributed by atoms with E-state index < -0.39 is 0 Å². The highest BCUT2D eigenvalue weighted by Crippen LogP contribution is 2.29. The van der Waals surface area contributed by atoms with Gasteiger partial charge >= 0.3 is 0 Å². The van der Waals surface area contributed by atoms with Crippen LogP contribution >= 0.6 is 0 Å². The fraction of sp³-hybridized carbons (Fsp3) is 0.364. The minimum absolute atomic E-state index is 0.231. The summed E-state index contributed by atoms with van der Waals surface area (Å²) in [6.45, 7) is 8.70. The molecule has 3 aromatic heterocycles. The standard InChI is InChI=1S/C22H26N6O2/c1-13(2)28-12-24-19-21(23-11-10-16-6-8-17(29-5)9-7-16)25-20(26-22(19)28)18-14(3)27-30-15(18)4/h6-9,12-13H,10-11H2,1-5H3,(H,23,25,26). The molecule has 0 atom stereocenters. The van der Waals surface area contributed by atoms with Crippen LogP contribution in [-0.2, 0) is 6.42 Å². The third-order valence-electron chi connectivity index (χ3n) is 5.10. The molecule has 156 valence electrons. The second kappa shape index (κ2) is 8.14. The van der Waals surface area contributed by atoms with Crippen LogP contribution in [0, 0.1) is 13.8 Å². The Morgan fingerprint density at radius 1 is 1.13 bits per heavy atom. The van der Waals surface area contributed by atoms with E-state index in [-0.39, 0.29) is 6.04 Å². The summed E-state index contributed by atoms with van der Waals surface area (Å²) in [6, 6.07) is 8.31. The first-order valence-corrected chi connectivity index (χ1v) is 10.0. The molecule has 8 heteroatoms. The van der Waals surface area contributed by atoms with Gasteiger partial charge in [0.2, 0.25) is 0 Å². The summed E-state index contributed by atoms with van der Waals surface area (Å²) in [6.07, 6.45) is 2.66. The molecule has 0 bridgehead atoms. The lowest BCUT2D eigenvalue weighted by Gasteiger charge is -2.11. The van der Waals surface area contributed by atoms with Gasteiger partial charge in [-0.2, -0.15) is 0 Å². The second-order valence-electron chi connectivity index (χ2n) is 7.54. The average molecular weight is 406 g/mol. The number of ether oxygens (including phenoxy) is 1. The molecule has 1 N–H and O–H groups in total. The number of nitrogens with zero attached hydrogens (tertiary/aromatic N) is 5. The van der Waals surface area contributed by atoms with Gasteiger partial charge in [-0.05, 0) is 51.8 Å². The summed E-state index contributed by atoms with van der Waals surface area (Å²) in [5.74, 6) is 2.86. The Morgan fingerprint density at radius 3 is 2.53 bits per heavy atom. The predicted molar refractivity (Wildman–Crippen MR) is 116 cm³/mol. The van der Waals surface area contributed by atoms with Crippen LogP contribution in [0.15, 0.2) is 35.1 Å². The SMILES string of the molecule is COc1ccc(CCNc2nc(-c3c(C)noc3C)nc3c2ncn3C(C)C)cc1. The molecular formula is C22H26N6O2. The van der Waals surface area contributed by atoms with Gasteiger partial charge in [-0.25, -0.2) is 15.0 Å². The van der Waals surface area contributed by atoms with Gasteiger partial charge < -0.3 is 19.1 Å². The van der Waals surface area contributed by atoms with E-state index in [0.29, 0.717) is 23.9 Å². The van der Waals surface area contributed by atoms with Crippen LogP contribution < -0.4 is 10.1 Å². The third-order valence-corrected chi connectivity index (χ3v) is 5.10. The van der Waals surface area contributed by atoms with Gasteiger partial charge in [-0.1, -0.05) is 17.3 Å². The Kier molecular flexibility index (Phi) is 5.39. The molecule has 0 saturated carbocycles. The molecule has 0 amide bonds. The van der Waals surface area contributed by atoms with Gasteiger partial charge in [0.05, 0.1) is 24.7 Å². The molecule has 0 saturated heterocycles. The molecule has 3 heterocycles. The fourth-order valence-electron chi connectivity index (χ4n) is 3.45. The Morgan fingerprint density at radius 2 is 1.90 bits per heavy atom. The first-order chi connectivity index (χ1) is 14.5.